The van der Waals surface area contributed by atoms with Crippen molar-refractivity contribution < 1.29 is 4.74 Å². The first-order valence-electron chi connectivity index (χ1n) is 5.55. The summed E-state index contributed by atoms with van der Waals surface area (Å²) < 4.78 is 6.52. The van der Waals surface area contributed by atoms with Crippen molar-refractivity contribution in [2.24, 2.45) is 5.10 Å². The van der Waals surface area contributed by atoms with Crippen molar-refractivity contribution in [2.75, 3.05) is 13.7 Å². The van der Waals surface area contributed by atoms with Crippen LogP contribution in [0.5, 0.6) is 5.75 Å². The average Bonchev–Trinajstić information content (AvgIpc) is 2.76. The molecule has 0 radical (unpaired) electrons. The van der Waals surface area contributed by atoms with Crippen molar-refractivity contribution >= 4 is 22.3 Å². The lowest BCUT2D eigenvalue weighted by atomic mass is 10.1. The lowest BCUT2D eigenvalue weighted by Gasteiger charge is -2.34. The molecule has 0 saturated carbocycles. The second kappa shape index (κ2) is 5.11. The zero-order chi connectivity index (χ0) is 13.2. The van der Waals surface area contributed by atoms with Crippen LogP contribution in [-0.2, 0) is 0 Å². The summed E-state index contributed by atoms with van der Waals surface area (Å²) >= 11 is 3.29. The van der Waals surface area contributed by atoms with Crippen LogP contribution >= 0.6 is 15.9 Å². The SMILES string of the molecule is CN1N=CN(C(C)(C)COc2ccc(Br)nc2)N1. The van der Waals surface area contributed by atoms with E-state index in [0.717, 1.165) is 10.4 Å². The van der Waals surface area contributed by atoms with Crippen LogP contribution in [0.15, 0.2) is 28.0 Å². The average molecular weight is 314 g/mol. The van der Waals surface area contributed by atoms with Gasteiger partial charge in [-0.2, -0.15) is 0 Å². The Kier molecular flexibility index (Phi) is 3.72. The van der Waals surface area contributed by atoms with Crippen LogP contribution in [0.3, 0.4) is 0 Å². The Morgan fingerprint density at radius 3 is 2.78 bits per heavy atom. The number of halogens is 1. The molecular formula is C11H16BrN5O. The highest BCUT2D eigenvalue weighted by molar-refractivity contribution is 9.10. The highest BCUT2D eigenvalue weighted by Gasteiger charge is 2.29. The van der Waals surface area contributed by atoms with Gasteiger partial charge in [-0.1, -0.05) is 0 Å². The molecule has 1 N–H and O–H groups in total. The van der Waals surface area contributed by atoms with Gasteiger partial charge in [-0.05, 0) is 41.9 Å². The molecule has 1 aromatic rings. The van der Waals surface area contributed by atoms with Gasteiger partial charge in [-0.3, -0.25) is 5.01 Å². The molecule has 0 amide bonds. The number of nitrogens with one attached hydrogen (secondary N) is 1. The molecule has 2 rings (SSSR count). The summed E-state index contributed by atoms with van der Waals surface area (Å²) in [6.07, 6.45) is 3.43. The van der Waals surface area contributed by atoms with Crippen LogP contribution in [0.1, 0.15) is 13.8 Å². The maximum absolute atomic E-state index is 5.73. The number of rotatable bonds is 4. The molecule has 0 saturated heterocycles. The van der Waals surface area contributed by atoms with E-state index in [-0.39, 0.29) is 5.54 Å². The first-order valence-corrected chi connectivity index (χ1v) is 6.34. The largest absolute Gasteiger partial charge is 0.489 e. The van der Waals surface area contributed by atoms with Crippen molar-refractivity contribution in [3.8, 4) is 5.75 Å². The van der Waals surface area contributed by atoms with Crippen molar-refractivity contribution in [1.82, 2.24) is 20.6 Å². The zero-order valence-electron chi connectivity index (χ0n) is 10.6. The molecular weight excluding hydrogens is 298 g/mol. The molecule has 98 valence electrons. The zero-order valence-corrected chi connectivity index (χ0v) is 12.2. The van der Waals surface area contributed by atoms with Gasteiger partial charge in [0.1, 0.15) is 23.3 Å². The molecule has 0 aromatic carbocycles. The molecule has 1 aliphatic rings. The quantitative estimate of drug-likeness (QED) is 0.856. The highest BCUT2D eigenvalue weighted by atomic mass is 79.9. The number of ether oxygens (including phenoxy) is 1. The van der Waals surface area contributed by atoms with E-state index in [0.29, 0.717) is 6.61 Å². The minimum Gasteiger partial charge on any atom is -0.489 e. The fourth-order valence-electron chi connectivity index (χ4n) is 1.41. The van der Waals surface area contributed by atoms with Crippen molar-refractivity contribution in [2.45, 2.75) is 19.4 Å². The second-order valence-electron chi connectivity index (χ2n) is 4.64. The molecule has 0 unspecified atom stereocenters. The summed E-state index contributed by atoms with van der Waals surface area (Å²) in [5.74, 6) is 0.746. The Labute approximate surface area is 115 Å². The summed E-state index contributed by atoms with van der Waals surface area (Å²) in [6.45, 7) is 4.65. The van der Waals surface area contributed by atoms with E-state index in [1.165, 1.54) is 0 Å². The van der Waals surface area contributed by atoms with Crippen LogP contribution < -0.4 is 10.3 Å². The molecule has 0 atom stereocenters. The number of nitrogens with zero attached hydrogens (tertiary/aromatic N) is 4. The third-order valence-corrected chi connectivity index (χ3v) is 3.01. The van der Waals surface area contributed by atoms with E-state index in [9.17, 15) is 0 Å². The molecule has 0 spiro atoms. The maximum Gasteiger partial charge on any atom is 0.137 e. The van der Waals surface area contributed by atoms with Gasteiger partial charge in [-0.15, -0.1) is 10.6 Å². The van der Waals surface area contributed by atoms with Crippen molar-refractivity contribution in [1.29, 1.82) is 0 Å². The molecule has 6 nitrogen and oxygen atoms in total. The van der Waals surface area contributed by atoms with E-state index in [2.05, 4.69) is 45.4 Å². The van der Waals surface area contributed by atoms with Gasteiger partial charge in [0.25, 0.3) is 0 Å². The van der Waals surface area contributed by atoms with Crippen molar-refractivity contribution in [3.63, 3.8) is 0 Å². The van der Waals surface area contributed by atoms with Gasteiger partial charge >= 0.3 is 0 Å². The minimum absolute atomic E-state index is 0.221. The minimum atomic E-state index is -0.221. The lowest BCUT2D eigenvalue weighted by molar-refractivity contribution is 0.0383. The number of hydrogen-bond donors (Lipinski definition) is 1. The predicted molar refractivity (Wildman–Crippen MR) is 72.7 cm³/mol. The standard InChI is InChI=1S/C11H16BrN5O/c1-11(2,17-8-14-16(3)15-17)7-18-9-4-5-10(12)13-6-9/h4-6,8,15H,7H2,1-3H3. The molecule has 0 bridgehead atoms. The van der Waals surface area contributed by atoms with Crippen LogP contribution in [-0.4, -0.2) is 40.6 Å². The molecule has 0 fully saturated rings. The van der Waals surface area contributed by atoms with Crippen LogP contribution in [0.4, 0.5) is 0 Å². The Balaban J connectivity index is 1.92. The summed E-state index contributed by atoms with van der Waals surface area (Å²) in [7, 11) is 1.84. The maximum atomic E-state index is 5.73. The predicted octanol–water partition coefficient (Wildman–Crippen LogP) is 1.61. The first kappa shape index (κ1) is 13.1. The molecule has 1 aliphatic heterocycles. The highest BCUT2D eigenvalue weighted by Crippen LogP contribution is 2.18. The number of aromatic nitrogens is 1. The molecule has 0 aliphatic carbocycles. The number of hydrazine groups is 2. The van der Waals surface area contributed by atoms with Gasteiger partial charge in [0.15, 0.2) is 0 Å². The van der Waals surface area contributed by atoms with E-state index < -0.39 is 0 Å². The van der Waals surface area contributed by atoms with E-state index in [1.54, 1.807) is 17.7 Å². The fraction of sp³-hybridized carbons (Fsp3) is 0.455. The van der Waals surface area contributed by atoms with Gasteiger partial charge < -0.3 is 4.74 Å². The van der Waals surface area contributed by atoms with Gasteiger partial charge in [0.2, 0.25) is 0 Å². The van der Waals surface area contributed by atoms with Crippen LogP contribution in [0.25, 0.3) is 0 Å². The Morgan fingerprint density at radius 1 is 1.44 bits per heavy atom. The monoisotopic (exact) mass is 313 g/mol. The summed E-state index contributed by atoms with van der Waals surface area (Å²) in [6, 6.07) is 3.73. The molecule has 1 aromatic heterocycles. The summed E-state index contributed by atoms with van der Waals surface area (Å²) in [5.41, 5.74) is 2.86. The normalized spacial score (nSPS) is 15.3. The van der Waals surface area contributed by atoms with E-state index in [4.69, 9.17) is 4.74 Å². The Bertz CT molecular complexity index is 434. The molecule has 18 heavy (non-hydrogen) atoms. The smallest absolute Gasteiger partial charge is 0.137 e. The van der Waals surface area contributed by atoms with E-state index >= 15 is 0 Å². The topological polar surface area (TPSA) is 53.0 Å². The lowest BCUT2D eigenvalue weighted by Crippen LogP contribution is -2.54. The number of hydrogen-bond acceptors (Lipinski definition) is 6. The van der Waals surface area contributed by atoms with Crippen LogP contribution in [0.2, 0.25) is 0 Å². The number of pyridine rings is 1. The third kappa shape index (κ3) is 3.11. The molecule has 2 heterocycles. The third-order valence-electron chi connectivity index (χ3n) is 2.54. The van der Waals surface area contributed by atoms with Crippen LogP contribution in [0, 0.1) is 0 Å². The molecule has 7 heteroatoms. The number of hydrazone groups is 1. The van der Waals surface area contributed by atoms with Gasteiger partial charge in [-0.25, -0.2) is 10.1 Å². The Morgan fingerprint density at radius 2 is 2.22 bits per heavy atom. The first-order chi connectivity index (χ1) is 8.47. The second-order valence-corrected chi connectivity index (χ2v) is 5.45. The van der Waals surface area contributed by atoms with E-state index in [1.807, 2.05) is 24.2 Å². The van der Waals surface area contributed by atoms with Gasteiger partial charge in [0.05, 0.1) is 11.7 Å². The van der Waals surface area contributed by atoms with Gasteiger partial charge in [0, 0.05) is 7.05 Å². The summed E-state index contributed by atoms with van der Waals surface area (Å²) in [4.78, 5) is 4.12. The Hall–Kier alpha value is -1.34. The fourth-order valence-corrected chi connectivity index (χ4v) is 1.64. The summed E-state index contributed by atoms with van der Waals surface area (Å²) in [5, 5.41) is 7.64. The van der Waals surface area contributed by atoms with Crippen molar-refractivity contribution in [3.05, 3.63) is 22.9 Å².